The Kier molecular flexibility index (Phi) is 4.22. The molecule has 0 amide bonds. The van der Waals surface area contributed by atoms with E-state index in [9.17, 15) is 4.79 Å². The molecule has 0 N–H and O–H groups in total. The summed E-state index contributed by atoms with van der Waals surface area (Å²) in [5.74, 6) is -0.165. The van der Waals surface area contributed by atoms with Crippen LogP contribution in [0, 0.1) is 6.92 Å². The number of nitrogens with zero attached hydrogens (tertiary/aromatic N) is 3. The van der Waals surface area contributed by atoms with Gasteiger partial charge < -0.3 is 0 Å². The van der Waals surface area contributed by atoms with Crippen LogP contribution in [0.4, 0.5) is 0 Å². The minimum Gasteiger partial charge on any atom is -0.292 e. The van der Waals surface area contributed by atoms with Gasteiger partial charge in [0.05, 0.1) is 27.9 Å². The zero-order chi connectivity index (χ0) is 14.0. The number of halogens is 2. The highest BCUT2D eigenvalue weighted by Gasteiger charge is 2.19. The van der Waals surface area contributed by atoms with Crippen molar-refractivity contribution in [2.45, 2.75) is 26.8 Å². The predicted molar refractivity (Wildman–Crippen MR) is 74.9 cm³/mol. The summed E-state index contributed by atoms with van der Waals surface area (Å²) in [6.07, 6.45) is 1.69. The van der Waals surface area contributed by atoms with Crippen LogP contribution in [0.5, 0.6) is 0 Å². The van der Waals surface area contributed by atoms with Gasteiger partial charge >= 0.3 is 0 Å². The summed E-state index contributed by atoms with van der Waals surface area (Å²) in [6, 6.07) is 3.33. The van der Waals surface area contributed by atoms with E-state index in [1.165, 1.54) is 0 Å². The SMILES string of the molecule is CCn1nc(C)c(Cl)c1CC(=O)c1ncccc1Cl. The molecule has 0 saturated carbocycles. The van der Waals surface area contributed by atoms with Gasteiger partial charge in [0.2, 0.25) is 0 Å². The van der Waals surface area contributed by atoms with Gasteiger partial charge in [0, 0.05) is 12.7 Å². The number of rotatable bonds is 4. The average molecular weight is 298 g/mol. The second-order valence-corrected chi connectivity index (χ2v) is 4.88. The average Bonchev–Trinajstić information content (AvgIpc) is 2.67. The Morgan fingerprint density at radius 3 is 2.79 bits per heavy atom. The zero-order valence-corrected chi connectivity index (χ0v) is 12.2. The molecule has 100 valence electrons. The van der Waals surface area contributed by atoms with Gasteiger partial charge in [-0.05, 0) is 26.0 Å². The van der Waals surface area contributed by atoms with Gasteiger partial charge in [-0.3, -0.25) is 14.5 Å². The van der Waals surface area contributed by atoms with Crippen LogP contribution in [0.2, 0.25) is 10.0 Å². The molecule has 2 heterocycles. The Morgan fingerprint density at radius 2 is 2.16 bits per heavy atom. The number of hydrogen-bond acceptors (Lipinski definition) is 3. The highest BCUT2D eigenvalue weighted by Crippen LogP contribution is 2.23. The summed E-state index contributed by atoms with van der Waals surface area (Å²) in [5, 5.41) is 5.16. The van der Waals surface area contributed by atoms with E-state index in [-0.39, 0.29) is 17.9 Å². The molecule has 19 heavy (non-hydrogen) atoms. The molecule has 0 aliphatic heterocycles. The molecule has 0 unspecified atom stereocenters. The molecule has 0 saturated heterocycles. The fraction of sp³-hybridized carbons (Fsp3) is 0.308. The lowest BCUT2D eigenvalue weighted by molar-refractivity contribution is 0.0986. The number of hydrogen-bond donors (Lipinski definition) is 0. The number of carbonyl (C=O) groups excluding carboxylic acids is 1. The minimum absolute atomic E-state index is 0.143. The van der Waals surface area contributed by atoms with Crippen molar-refractivity contribution in [3.05, 3.63) is 45.5 Å². The Balaban J connectivity index is 2.32. The molecule has 0 aromatic carbocycles. The van der Waals surface area contributed by atoms with E-state index in [1.54, 1.807) is 23.0 Å². The third-order valence-corrected chi connectivity index (χ3v) is 3.60. The maximum atomic E-state index is 12.2. The summed E-state index contributed by atoms with van der Waals surface area (Å²) in [6.45, 7) is 4.42. The maximum Gasteiger partial charge on any atom is 0.188 e. The second kappa shape index (κ2) is 5.72. The van der Waals surface area contributed by atoms with Crippen molar-refractivity contribution >= 4 is 29.0 Å². The monoisotopic (exact) mass is 297 g/mol. The number of aromatic nitrogens is 3. The molecule has 0 aliphatic rings. The van der Waals surface area contributed by atoms with E-state index < -0.39 is 0 Å². The van der Waals surface area contributed by atoms with E-state index in [0.717, 1.165) is 5.69 Å². The Labute approximate surface area is 121 Å². The topological polar surface area (TPSA) is 47.8 Å². The number of Topliss-reactive ketones (excluding diaryl/α,β-unsaturated/α-hetero) is 1. The Bertz CT molecular complexity index is 622. The van der Waals surface area contributed by atoms with Crippen LogP contribution in [0.25, 0.3) is 0 Å². The van der Waals surface area contributed by atoms with Gasteiger partial charge in [-0.15, -0.1) is 0 Å². The van der Waals surface area contributed by atoms with Gasteiger partial charge in [-0.1, -0.05) is 23.2 Å². The second-order valence-electron chi connectivity index (χ2n) is 4.10. The van der Waals surface area contributed by atoms with Crippen LogP contribution in [-0.2, 0) is 13.0 Å². The summed E-state index contributed by atoms with van der Waals surface area (Å²) >= 11 is 12.1. The minimum atomic E-state index is -0.165. The molecule has 6 heteroatoms. The largest absolute Gasteiger partial charge is 0.292 e. The number of aryl methyl sites for hydroxylation is 2. The van der Waals surface area contributed by atoms with E-state index in [0.29, 0.717) is 22.3 Å². The fourth-order valence-corrected chi connectivity index (χ4v) is 2.29. The van der Waals surface area contributed by atoms with Crippen molar-refractivity contribution in [3.63, 3.8) is 0 Å². The lowest BCUT2D eigenvalue weighted by Gasteiger charge is -2.05. The van der Waals surface area contributed by atoms with E-state index >= 15 is 0 Å². The first-order chi connectivity index (χ1) is 9.04. The Morgan fingerprint density at radius 1 is 1.42 bits per heavy atom. The molecule has 0 bridgehead atoms. The molecule has 2 aromatic rings. The van der Waals surface area contributed by atoms with Crippen LogP contribution < -0.4 is 0 Å². The lowest BCUT2D eigenvalue weighted by Crippen LogP contribution is -2.11. The Hall–Kier alpha value is -1.39. The zero-order valence-electron chi connectivity index (χ0n) is 10.7. The van der Waals surface area contributed by atoms with Crippen LogP contribution in [0.15, 0.2) is 18.3 Å². The number of carbonyl (C=O) groups is 1. The van der Waals surface area contributed by atoms with Gasteiger partial charge in [-0.2, -0.15) is 5.10 Å². The first-order valence-electron chi connectivity index (χ1n) is 5.90. The standard InChI is InChI=1S/C13H13Cl2N3O/c1-3-18-10(12(15)8(2)17-18)7-11(19)13-9(14)5-4-6-16-13/h4-6H,3,7H2,1-2H3. The van der Waals surface area contributed by atoms with Crippen LogP contribution in [0.3, 0.4) is 0 Å². The highest BCUT2D eigenvalue weighted by molar-refractivity contribution is 6.34. The first-order valence-corrected chi connectivity index (χ1v) is 6.65. The van der Waals surface area contributed by atoms with Crippen molar-refractivity contribution in [2.75, 3.05) is 0 Å². The smallest absolute Gasteiger partial charge is 0.188 e. The molecule has 2 rings (SSSR count). The van der Waals surface area contributed by atoms with E-state index in [1.807, 2.05) is 13.8 Å². The normalized spacial score (nSPS) is 10.7. The van der Waals surface area contributed by atoms with Crippen molar-refractivity contribution in [1.29, 1.82) is 0 Å². The third-order valence-electron chi connectivity index (χ3n) is 2.80. The van der Waals surface area contributed by atoms with Crippen molar-refractivity contribution in [2.24, 2.45) is 0 Å². The summed E-state index contributed by atoms with van der Waals surface area (Å²) < 4.78 is 1.73. The quantitative estimate of drug-likeness (QED) is 0.813. The van der Waals surface area contributed by atoms with Crippen LogP contribution in [-0.4, -0.2) is 20.5 Å². The number of pyridine rings is 1. The van der Waals surface area contributed by atoms with Crippen molar-refractivity contribution in [1.82, 2.24) is 14.8 Å². The molecule has 0 aliphatic carbocycles. The first kappa shape index (κ1) is 14.0. The lowest BCUT2D eigenvalue weighted by atomic mass is 10.1. The summed E-state index contributed by atoms with van der Waals surface area (Å²) in [4.78, 5) is 16.2. The summed E-state index contributed by atoms with van der Waals surface area (Å²) in [7, 11) is 0. The molecule has 0 atom stereocenters. The third kappa shape index (κ3) is 2.80. The molecule has 4 nitrogen and oxygen atoms in total. The van der Waals surface area contributed by atoms with E-state index in [4.69, 9.17) is 23.2 Å². The van der Waals surface area contributed by atoms with Crippen molar-refractivity contribution < 1.29 is 4.79 Å². The fourth-order valence-electron chi connectivity index (χ4n) is 1.86. The highest BCUT2D eigenvalue weighted by atomic mass is 35.5. The molecular weight excluding hydrogens is 285 g/mol. The van der Waals surface area contributed by atoms with Gasteiger partial charge in [0.25, 0.3) is 0 Å². The van der Waals surface area contributed by atoms with Crippen LogP contribution >= 0.6 is 23.2 Å². The molecule has 0 spiro atoms. The predicted octanol–water partition coefficient (Wildman–Crippen LogP) is 3.34. The summed E-state index contributed by atoms with van der Waals surface area (Å²) in [5.41, 5.74) is 1.69. The number of ketones is 1. The molecular formula is C13H13Cl2N3O. The van der Waals surface area contributed by atoms with Gasteiger partial charge in [-0.25, -0.2) is 0 Å². The van der Waals surface area contributed by atoms with Crippen LogP contribution in [0.1, 0.15) is 28.8 Å². The molecule has 2 aromatic heterocycles. The molecule has 0 fully saturated rings. The van der Waals surface area contributed by atoms with E-state index in [2.05, 4.69) is 10.1 Å². The maximum absolute atomic E-state index is 12.2. The molecule has 0 radical (unpaired) electrons. The van der Waals surface area contributed by atoms with Gasteiger partial charge in [0.1, 0.15) is 5.69 Å². The van der Waals surface area contributed by atoms with Gasteiger partial charge in [0.15, 0.2) is 5.78 Å². The van der Waals surface area contributed by atoms with Crippen molar-refractivity contribution in [3.8, 4) is 0 Å².